The van der Waals surface area contributed by atoms with Crippen molar-refractivity contribution in [2.75, 3.05) is 36.5 Å². The fraction of sp³-hybridized carbons (Fsp3) is 0.409. The van der Waals surface area contributed by atoms with E-state index in [-0.39, 0.29) is 30.5 Å². The molecule has 5 nitrogen and oxygen atoms in total. The largest absolute Gasteiger partial charge is 0.372 e. The van der Waals surface area contributed by atoms with E-state index in [4.69, 9.17) is 4.74 Å². The molecule has 2 aromatic carbocycles. The number of nitrogens with one attached hydrogen (secondary N) is 1. The molecule has 3 rings (SSSR count). The fourth-order valence-electron chi connectivity index (χ4n) is 3.54. The molecule has 2 atom stereocenters. The molecular weight excluding hydrogens is 357 g/mol. The summed E-state index contributed by atoms with van der Waals surface area (Å²) in [6.07, 6.45) is 0.146. The maximum Gasteiger partial charge on any atom is 0.239 e. The van der Waals surface area contributed by atoms with Crippen molar-refractivity contribution in [3.63, 3.8) is 0 Å². The molecular formula is C22H28FN3O2. The molecule has 2 unspecified atom stereocenters. The average molecular weight is 385 g/mol. The van der Waals surface area contributed by atoms with Crippen LogP contribution in [-0.4, -0.2) is 44.8 Å². The van der Waals surface area contributed by atoms with Crippen LogP contribution in [0.25, 0.3) is 0 Å². The van der Waals surface area contributed by atoms with Crippen LogP contribution in [0, 0.1) is 5.82 Å². The van der Waals surface area contributed by atoms with Crippen LogP contribution in [0.4, 0.5) is 15.8 Å². The number of hydrogen-bond donors (Lipinski definition) is 1. The normalized spacial score (nSPS) is 19.4. The molecule has 28 heavy (non-hydrogen) atoms. The van der Waals surface area contributed by atoms with Crippen molar-refractivity contribution in [2.45, 2.75) is 32.6 Å². The summed E-state index contributed by atoms with van der Waals surface area (Å²) in [6.45, 7) is 5.88. The Labute approximate surface area is 166 Å². The van der Waals surface area contributed by atoms with Gasteiger partial charge in [-0.2, -0.15) is 0 Å². The van der Waals surface area contributed by atoms with Crippen molar-refractivity contribution in [1.29, 1.82) is 0 Å². The Bertz CT molecular complexity index is 790. The van der Waals surface area contributed by atoms with Gasteiger partial charge in [-0.3, -0.25) is 4.79 Å². The molecule has 0 spiro atoms. The second-order valence-electron chi connectivity index (χ2n) is 7.42. The maximum absolute atomic E-state index is 14.6. The van der Waals surface area contributed by atoms with Gasteiger partial charge in [-0.25, -0.2) is 4.39 Å². The molecule has 150 valence electrons. The van der Waals surface area contributed by atoms with Gasteiger partial charge in [-0.1, -0.05) is 24.3 Å². The number of hydrogen-bond acceptors (Lipinski definition) is 4. The van der Waals surface area contributed by atoms with E-state index in [9.17, 15) is 9.18 Å². The van der Waals surface area contributed by atoms with Gasteiger partial charge in [0.2, 0.25) is 5.91 Å². The van der Waals surface area contributed by atoms with Crippen LogP contribution in [0.2, 0.25) is 0 Å². The molecule has 0 bridgehead atoms. The van der Waals surface area contributed by atoms with E-state index in [0.717, 1.165) is 11.3 Å². The van der Waals surface area contributed by atoms with Gasteiger partial charge in [0.05, 0.1) is 24.4 Å². The summed E-state index contributed by atoms with van der Waals surface area (Å²) < 4.78 is 20.4. The molecule has 1 heterocycles. The summed E-state index contributed by atoms with van der Waals surface area (Å²) in [6, 6.07) is 14.9. The van der Waals surface area contributed by atoms with E-state index in [0.29, 0.717) is 25.3 Å². The number of morpholine rings is 1. The van der Waals surface area contributed by atoms with E-state index in [1.165, 1.54) is 6.07 Å². The Morgan fingerprint density at radius 1 is 1.18 bits per heavy atom. The molecule has 1 saturated heterocycles. The SMILES string of the molecule is CC1CN(c2ccc(CNC(=O)CN(C)c3ccccc3)cc2F)CC(C)O1. The van der Waals surface area contributed by atoms with Crippen LogP contribution in [0.15, 0.2) is 48.5 Å². The fourth-order valence-corrected chi connectivity index (χ4v) is 3.54. The zero-order valence-corrected chi connectivity index (χ0v) is 16.7. The molecule has 2 aromatic rings. The standard InChI is InChI=1S/C22H28FN3O2/c1-16-13-26(14-17(2)28-16)21-10-9-18(11-20(21)23)12-24-22(27)15-25(3)19-7-5-4-6-8-19/h4-11,16-17H,12-15H2,1-3H3,(H,24,27). The average Bonchev–Trinajstić information content (AvgIpc) is 2.66. The van der Waals surface area contributed by atoms with E-state index in [2.05, 4.69) is 5.32 Å². The number of carbonyl (C=O) groups is 1. The van der Waals surface area contributed by atoms with Crippen molar-refractivity contribution < 1.29 is 13.9 Å². The first-order chi connectivity index (χ1) is 13.4. The molecule has 0 saturated carbocycles. The summed E-state index contributed by atoms with van der Waals surface area (Å²) in [5, 5.41) is 2.86. The van der Waals surface area contributed by atoms with Gasteiger partial charge in [0, 0.05) is 32.4 Å². The highest BCUT2D eigenvalue weighted by molar-refractivity contribution is 5.81. The number of rotatable bonds is 6. The van der Waals surface area contributed by atoms with Crippen molar-refractivity contribution >= 4 is 17.3 Å². The van der Waals surface area contributed by atoms with Crippen molar-refractivity contribution in [3.8, 4) is 0 Å². The van der Waals surface area contributed by atoms with Crippen molar-refractivity contribution in [1.82, 2.24) is 5.32 Å². The van der Waals surface area contributed by atoms with Gasteiger partial charge in [-0.15, -0.1) is 0 Å². The van der Waals surface area contributed by atoms with E-state index >= 15 is 0 Å². The van der Waals surface area contributed by atoms with E-state index in [1.807, 2.05) is 67.1 Å². The number of likely N-dealkylation sites (N-methyl/N-ethyl adjacent to an activating group) is 1. The molecule has 0 aliphatic carbocycles. The quantitative estimate of drug-likeness (QED) is 0.830. The van der Waals surface area contributed by atoms with Gasteiger partial charge in [0.25, 0.3) is 0 Å². The highest BCUT2D eigenvalue weighted by Crippen LogP contribution is 2.24. The first-order valence-electron chi connectivity index (χ1n) is 9.64. The van der Waals surface area contributed by atoms with Gasteiger partial charge < -0.3 is 19.9 Å². The molecule has 1 N–H and O–H groups in total. The predicted octanol–water partition coefficient (Wildman–Crippen LogP) is 3.19. The Kier molecular flexibility index (Phi) is 6.52. The maximum atomic E-state index is 14.6. The van der Waals surface area contributed by atoms with Gasteiger partial charge >= 0.3 is 0 Å². The highest BCUT2D eigenvalue weighted by atomic mass is 19.1. The van der Waals surface area contributed by atoms with E-state index in [1.54, 1.807) is 6.07 Å². The number of anilines is 2. The Morgan fingerprint density at radius 3 is 2.50 bits per heavy atom. The molecule has 0 radical (unpaired) electrons. The zero-order chi connectivity index (χ0) is 20.1. The summed E-state index contributed by atoms with van der Waals surface area (Å²) in [7, 11) is 1.87. The van der Waals surface area contributed by atoms with Crippen LogP contribution in [0.5, 0.6) is 0 Å². The summed E-state index contributed by atoms with van der Waals surface area (Å²) >= 11 is 0. The Balaban J connectivity index is 1.55. The molecule has 1 amide bonds. The lowest BCUT2D eigenvalue weighted by Crippen LogP contribution is -2.45. The van der Waals surface area contributed by atoms with Crippen LogP contribution in [-0.2, 0) is 16.1 Å². The topological polar surface area (TPSA) is 44.8 Å². The number of carbonyl (C=O) groups excluding carboxylic acids is 1. The second kappa shape index (κ2) is 9.06. The number of para-hydroxylation sites is 1. The third kappa shape index (κ3) is 5.23. The smallest absolute Gasteiger partial charge is 0.239 e. The molecule has 1 aliphatic heterocycles. The van der Waals surface area contributed by atoms with E-state index < -0.39 is 0 Å². The molecule has 1 fully saturated rings. The minimum Gasteiger partial charge on any atom is -0.372 e. The molecule has 0 aromatic heterocycles. The summed E-state index contributed by atoms with van der Waals surface area (Å²) in [4.78, 5) is 16.1. The third-order valence-corrected chi connectivity index (χ3v) is 4.84. The van der Waals surface area contributed by atoms with Gasteiger partial charge in [0.1, 0.15) is 5.82 Å². The molecule has 6 heteroatoms. The van der Waals surface area contributed by atoms with Crippen LogP contribution in [0.1, 0.15) is 19.4 Å². The van der Waals surface area contributed by atoms with Gasteiger partial charge in [0.15, 0.2) is 0 Å². The third-order valence-electron chi connectivity index (χ3n) is 4.84. The lowest BCUT2D eigenvalue weighted by molar-refractivity contribution is -0.119. The Hall–Kier alpha value is -2.60. The number of nitrogens with zero attached hydrogens (tertiary/aromatic N) is 2. The number of halogens is 1. The molecule has 1 aliphatic rings. The first kappa shape index (κ1) is 20.1. The Morgan fingerprint density at radius 2 is 1.86 bits per heavy atom. The lowest BCUT2D eigenvalue weighted by Gasteiger charge is -2.37. The van der Waals surface area contributed by atoms with Crippen LogP contribution < -0.4 is 15.1 Å². The number of amides is 1. The summed E-state index contributed by atoms with van der Waals surface area (Å²) in [5.74, 6) is -0.374. The number of benzene rings is 2. The van der Waals surface area contributed by atoms with Crippen molar-refractivity contribution in [2.24, 2.45) is 0 Å². The van der Waals surface area contributed by atoms with Crippen molar-refractivity contribution in [3.05, 3.63) is 59.9 Å². The van der Waals surface area contributed by atoms with Crippen LogP contribution >= 0.6 is 0 Å². The highest BCUT2D eigenvalue weighted by Gasteiger charge is 2.24. The summed E-state index contributed by atoms with van der Waals surface area (Å²) in [5.41, 5.74) is 2.30. The predicted molar refractivity (Wildman–Crippen MR) is 110 cm³/mol. The minimum atomic E-state index is -0.269. The number of ether oxygens (including phenoxy) is 1. The zero-order valence-electron chi connectivity index (χ0n) is 16.7. The minimum absolute atomic E-state index is 0.0729. The van der Waals surface area contributed by atoms with Gasteiger partial charge in [-0.05, 0) is 43.7 Å². The lowest BCUT2D eigenvalue weighted by atomic mass is 10.1. The monoisotopic (exact) mass is 385 g/mol. The second-order valence-corrected chi connectivity index (χ2v) is 7.42. The first-order valence-corrected chi connectivity index (χ1v) is 9.64. The van der Waals surface area contributed by atoms with Crippen LogP contribution in [0.3, 0.4) is 0 Å².